The van der Waals surface area contributed by atoms with Crippen LogP contribution in [0.4, 0.5) is 0 Å². The number of carbonyl (C=O) groups is 13. The molecule has 32 nitrogen and oxygen atoms in total. The van der Waals surface area contributed by atoms with Crippen molar-refractivity contribution in [3.63, 3.8) is 0 Å². The number of fused-ring (bicyclic) bond motifs is 2. The molecule has 0 aliphatic carbocycles. The molecule has 4 heterocycles. The predicted molar refractivity (Wildman–Crippen MR) is 373 cm³/mol. The summed E-state index contributed by atoms with van der Waals surface area (Å²) in [6.07, 6.45) is 0.0496. The lowest BCUT2D eigenvalue weighted by Gasteiger charge is -2.43. The number of phenolic OH excluding ortho intramolecular Hbond substituents is 2. The maximum Gasteiger partial charge on any atom is 0.350 e. The molecule has 7 aromatic rings. The molecule has 32 heteroatoms. The number of carboxylic acid groups (broad SMARTS) is 1. The number of carbonyl (C=O) groups excluding carboxylic acids is 12. The number of rotatable bonds is 19. The monoisotopic (exact) mass is 1430 g/mol. The van der Waals surface area contributed by atoms with Crippen LogP contribution in [0.5, 0.6) is 11.5 Å². The number of nitrogens with two attached hydrogens (primary N) is 3. The molecule has 0 unspecified atom stereocenters. The Morgan fingerprint density at radius 2 is 1.14 bits per heavy atom. The third-order valence-corrected chi connectivity index (χ3v) is 18.1. The molecule has 104 heavy (non-hydrogen) atoms. The van der Waals surface area contributed by atoms with Gasteiger partial charge in [0.25, 0.3) is 0 Å². The number of H-pyrrole nitrogens is 2. The van der Waals surface area contributed by atoms with E-state index < -0.39 is 175 Å². The Kier molecular flexibility index (Phi) is 24.9. The van der Waals surface area contributed by atoms with Crippen molar-refractivity contribution in [3.8, 4) is 11.5 Å². The van der Waals surface area contributed by atoms with E-state index in [-0.39, 0.29) is 61.4 Å². The molecule has 9 rings (SSSR count). The Hall–Kier alpha value is -12.5. The van der Waals surface area contributed by atoms with E-state index in [1.54, 1.807) is 91.1 Å². The first-order valence-corrected chi connectivity index (χ1v) is 33.4. The number of benzene rings is 5. The van der Waals surface area contributed by atoms with Crippen LogP contribution in [0.15, 0.2) is 152 Å². The number of imidazole rings is 1. The lowest BCUT2D eigenvalue weighted by atomic mass is 9.97. The second kappa shape index (κ2) is 34.3. The lowest BCUT2D eigenvalue weighted by molar-refractivity contribution is -0.168. The van der Waals surface area contributed by atoms with Crippen LogP contribution in [0.1, 0.15) is 73.0 Å². The summed E-state index contributed by atoms with van der Waals surface area (Å²) in [5, 5.41) is 52.7. The maximum absolute atomic E-state index is 15.8. The topological polar surface area (TPSA) is 508 Å². The number of amides is 12. The minimum absolute atomic E-state index is 0.0355. The van der Waals surface area contributed by atoms with Crippen LogP contribution in [-0.2, 0) is 101 Å². The highest BCUT2D eigenvalue weighted by Gasteiger charge is 2.51. The molecule has 19 N–H and O–H groups in total. The molecule has 546 valence electrons. The fraction of sp³-hybridized carbons (Fsp3) is 0.333. The summed E-state index contributed by atoms with van der Waals surface area (Å²) < 4.78 is 0. The molecule has 2 aromatic heterocycles. The quantitative estimate of drug-likeness (QED) is 0.0446. The van der Waals surface area contributed by atoms with Crippen molar-refractivity contribution >= 4 is 87.8 Å². The molecule has 11 atom stereocenters. The second-order valence-electron chi connectivity index (χ2n) is 25.8. The van der Waals surface area contributed by atoms with Gasteiger partial charge in [-0.2, -0.15) is 0 Å². The van der Waals surface area contributed by atoms with Crippen LogP contribution in [0.3, 0.4) is 0 Å². The highest BCUT2D eigenvalue weighted by molar-refractivity contribution is 6.02. The number of aromatic hydroxyl groups is 2. The number of para-hydroxylation sites is 1. The lowest BCUT2D eigenvalue weighted by Crippen LogP contribution is -2.72. The molecule has 0 bridgehead atoms. The van der Waals surface area contributed by atoms with Crippen molar-refractivity contribution in [3.05, 3.63) is 186 Å². The smallest absolute Gasteiger partial charge is 0.350 e. The Morgan fingerprint density at radius 3 is 1.74 bits per heavy atom. The number of nitrogens with zero attached hydrogens (tertiary/aromatic N) is 3. The summed E-state index contributed by atoms with van der Waals surface area (Å²) in [7, 11) is 0. The summed E-state index contributed by atoms with van der Waals surface area (Å²) in [5.41, 5.74) is 17.9. The van der Waals surface area contributed by atoms with Crippen LogP contribution >= 0.6 is 0 Å². The van der Waals surface area contributed by atoms with Crippen LogP contribution in [-0.4, -0.2) is 190 Å². The van der Waals surface area contributed by atoms with Crippen molar-refractivity contribution in [2.75, 3.05) is 6.54 Å². The zero-order valence-electron chi connectivity index (χ0n) is 56.7. The van der Waals surface area contributed by atoms with Crippen molar-refractivity contribution in [1.29, 1.82) is 0 Å². The molecule has 0 spiro atoms. The summed E-state index contributed by atoms with van der Waals surface area (Å²) in [6, 6.07) is 16.5. The van der Waals surface area contributed by atoms with Gasteiger partial charge in [-0.3, -0.25) is 62.4 Å². The number of hydrogen-bond acceptors (Lipinski definition) is 17. The first-order valence-electron chi connectivity index (χ1n) is 33.4. The number of carboxylic acids is 1. The van der Waals surface area contributed by atoms with Crippen LogP contribution in [0, 0.1) is 0 Å². The summed E-state index contributed by atoms with van der Waals surface area (Å²) in [5.74, 6) is -16.2. The first-order chi connectivity index (χ1) is 49.6. The Labute approximate surface area is 595 Å². The van der Waals surface area contributed by atoms with E-state index in [0.29, 0.717) is 38.1 Å². The van der Waals surface area contributed by atoms with Crippen LogP contribution < -0.4 is 59.7 Å². The summed E-state index contributed by atoms with van der Waals surface area (Å²) in [6.45, 7) is 1.92. The van der Waals surface area contributed by atoms with Gasteiger partial charge in [-0.05, 0) is 91.3 Å². The zero-order valence-corrected chi connectivity index (χ0v) is 56.7. The van der Waals surface area contributed by atoms with E-state index >= 15 is 24.0 Å². The van der Waals surface area contributed by atoms with E-state index in [2.05, 4.69) is 57.5 Å². The maximum atomic E-state index is 15.8. The number of primary amides is 2. The Morgan fingerprint density at radius 1 is 0.606 bits per heavy atom. The minimum Gasteiger partial charge on any atom is -0.508 e. The highest BCUT2D eigenvalue weighted by Crippen LogP contribution is 2.27. The SMILES string of the molecule is C[C@@H]1NC(=O)[C@H](CC(N)=O)NC(=O)[C@H](Cc2c[nH]c3ccccc23)NC(=O)[C@@H]2CCCN2C(=O)[C@@H](Cc2ccccc2)NC(=O)[C@H](Cc2c[nH]cn2)NC(=O)[C@@H](NC(=O)[C@@H](N)Cc2ccc(O)cc2)CC(=O)N([C@@H](Cc2ccc(O)cc2)C(N)=O)[C@@](C)(C(=O)O)NC(=O)[C@H](Cc2ccccc2)NC1=O. The number of aromatic amines is 2. The predicted octanol–water partition coefficient (Wildman–Crippen LogP) is -1.33. The van der Waals surface area contributed by atoms with Gasteiger partial charge < -0.3 is 89.9 Å². The zero-order chi connectivity index (χ0) is 74.9. The second-order valence-corrected chi connectivity index (χ2v) is 25.8. The number of phenols is 2. The van der Waals surface area contributed by atoms with E-state index in [0.717, 1.165) is 6.92 Å². The van der Waals surface area contributed by atoms with Gasteiger partial charge in [0, 0.05) is 61.9 Å². The highest BCUT2D eigenvalue weighted by atomic mass is 16.4. The average molecular weight is 1430 g/mol. The number of aromatic nitrogens is 3. The van der Waals surface area contributed by atoms with Gasteiger partial charge in [0.2, 0.25) is 76.5 Å². The van der Waals surface area contributed by atoms with Gasteiger partial charge in [-0.25, -0.2) is 9.78 Å². The van der Waals surface area contributed by atoms with Gasteiger partial charge in [0.1, 0.15) is 65.9 Å². The molecule has 2 aliphatic heterocycles. The molecule has 12 amide bonds. The fourth-order valence-corrected chi connectivity index (χ4v) is 12.5. The summed E-state index contributed by atoms with van der Waals surface area (Å²) in [4.78, 5) is 204. The molecular formula is C72H82N16O16. The van der Waals surface area contributed by atoms with Crippen molar-refractivity contribution in [2.45, 2.75) is 144 Å². The fourth-order valence-electron chi connectivity index (χ4n) is 12.5. The Balaban J connectivity index is 1.18. The molecule has 2 aliphatic rings. The number of aliphatic carboxylic acids is 1. The van der Waals surface area contributed by atoms with Gasteiger partial charge in [0.15, 0.2) is 0 Å². The van der Waals surface area contributed by atoms with Gasteiger partial charge in [-0.1, -0.05) is 103 Å². The molecule has 2 saturated heterocycles. The molecule has 5 aromatic carbocycles. The standard InChI is InChI=1S/C72H82N16O16/c1-39-62(94)80-51(29-40-12-5-3-6-13-40)68(100)86-72(2,71(103)104)88(58(61(75)93)31-43-21-25-47(90)26-22-43)60(92)35-55(81-63(95)49(73)28-42-19-23-46(89)24-20-42)67(99)82-53(33-45-37-76-38-78-45)66(98)85-56(30-41-14-7-4-8-15-41)70(102)87-27-11-18-57(87)69(101)84-52(32-44-36-77-50-17-10-9-16-48(44)50)65(97)83-54(34-59(74)91)64(96)79-39/h3-10,12-17,19-26,36-39,49,51-58,77,89-90H,11,18,27-35,73H2,1-2H3,(H2,74,91)(H2,75,93)(H,76,78)(H,79,96)(H,80,94)(H,81,95)(H,82,99)(H,83,97)(H,84,101)(H,85,98)(H,86,100)(H,103,104)/t39-,49-,51-,52-,53-,54-,55-,56+,57-,58-,72-/m0/s1. The third kappa shape index (κ3) is 19.5. The Bertz CT molecular complexity index is 4290. The molecule has 0 radical (unpaired) electrons. The average Bonchev–Trinajstić information content (AvgIpc) is 0.985. The van der Waals surface area contributed by atoms with Crippen molar-refractivity contribution in [1.82, 2.24) is 67.3 Å². The summed E-state index contributed by atoms with van der Waals surface area (Å²) >= 11 is 0. The molecule has 0 saturated carbocycles. The van der Waals surface area contributed by atoms with Gasteiger partial charge >= 0.3 is 5.97 Å². The molecular weight excluding hydrogens is 1340 g/mol. The van der Waals surface area contributed by atoms with E-state index in [9.17, 15) is 53.7 Å². The number of nitrogens with one attached hydrogen (secondary N) is 10. The third-order valence-electron chi connectivity index (χ3n) is 18.1. The van der Waals surface area contributed by atoms with Gasteiger partial charge in [-0.15, -0.1) is 0 Å². The molecule has 2 fully saturated rings. The van der Waals surface area contributed by atoms with Gasteiger partial charge in [0.05, 0.1) is 30.9 Å². The van der Waals surface area contributed by atoms with E-state index in [1.165, 1.54) is 72.9 Å². The van der Waals surface area contributed by atoms with Crippen LogP contribution in [0.25, 0.3) is 10.9 Å². The minimum atomic E-state index is -3.17. The van der Waals surface area contributed by atoms with Crippen molar-refractivity contribution in [2.24, 2.45) is 17.2 Å². The first kappa shape index (κ1) is 75.7. The largest absolute Gasteiger partial charge is 0.508 e. The van der Waals surface area contributed by atoms with Crippen LogP contribution in [0.2, 0.25) is 0 Å². The normalized spacial score (nSPS) is 22.9. The van der Waals surface area contributed by atoms with Crippen molar-refractivity contribution < 1.29 is 77.6 Å². The van der Waals surface area contributed by atoms with E-state index in [4.69, 9.17) is 17.2 Å². The van der Waals surface area contributed by atoms with E-state index in [1.807, 2.05) is 0 Å². The number of hydrogen-bond donors (Lipinski definition) is 16.